The molecule has 0 aromatic heterocycles. The second kappa shape index (κ2) is 4.76. The SMILES string of the molecule is NC1CC2CCC(C1)N2C(=O)c1ccc(F)cc1Cl. The van der Waals surface area contributed by atoms with Crippen LogP contribution in [0.3, 0.4) is 0 Å². The lowest BCUT2D eigenvalue weighted by Crippen LogP contribution is -2.50. The van der Waals surface area contributed by atoms with Gasteiger partial charge in [-0.2, -0.15) is 0 Å². The molecule has 2 atom stereocenters. The molecule has 2 heterocycles. The average Bonchev–Trinajstić information content (AvgIpc) is 2.61. The number of benzene rings is 1. The molecule has 0 spiro atoms. The lowest BCUT2D eigenvalue weighted by Gasteiger charge is -2.37. The quantitative estimate of drug-likeness (QED) is 0.860. The minimum Gasteiger partial charge on any atom is -0.333 e. The second-order valence-electron chi connectivity index (χ2n) is 5.45. The van der Waals surface area contributed by atoms with Crippen molar-refractivity contribution in [3.63, 3.8) is 0 Å². The van der Waals surface area contributed by atoms with Crippen LogP contribution in [-0.2, 0) is 0 Å². The number of hydrogen-bond donors (Lipinski definition) is 1. The number of carbonyl (C=O) groups is 1. The van der Waals surface area contributed by atoms with Crippen LogP contribution in [0.1, 0.15) is 36.0 Å². The molecule has 0 saturated carbocycles. The molecule has 2 aliphatic heterocycles. The highest BCUT2D eigenvalue weighted by Gasteiger charge is 2.42. The van der Waals surface area contributed by atoms with E-state index in [-0.39, 0.29) is 29.1 Å². The van der Waals surface area contributed by atoms with E-state index in [1.165, 1.54) is 18.2 Å². The van der Waals surface area contributed by atoms with E-state index in [4.69, 9.17) is 17.3 Å². The Hall–Kier alpha value is -1.13. The highest BCUT2D eigenvalue weighted by molar-refractivity contribution is 6.33. The van der Waals surface area contributed by atoms with Gasteiger partial charge in [0, 0.05) is 18.1 Å². The van der Waals surface area contributed by atoms with Gasteiger partial charge in [0.2, 0.25) is 0 Å². The van der Waals surface area contributed by atoms with Crippen molar-refractivity contribution in [2.24, 2.45) is 5.73 Å². The fourth-order valence-corrected chi connectivity index (χ4v) is 3.60. The Bertz CT molecular complexity index is 508. The van der Waals surface area contributed by atoms with Crippen LogP contribution in [0.15, 0.2) is 18.2 Å². The summed E-state index contributed by atoms with van der Waals surface area (Å²) in [7, 11) is 0. The average molecular weight is 283 g/mol. The third kappa shape index (κ3) is 2.23. The first-order chi connectivity index (χ1) is 9.06. The zero-order valence-electron chi connectivity index (χ0n) is 10.5. The Morgan fingerprint density at radius 2 is 1.95 bits per heavy atom. The van der Waals surface area contributed by atoms with E-state index < -0.39 is 5.82 Å². The molecule has 1 amide bonds. The number of rotatable bonds is 1. The zero-order valence-corrected chi connectivity index (χ0v) is 11.2. The number of carbonyl (C=O) groups excluding carboxylic acids is 1. The maximum Gasteiger partial charge on any atom is 0.255 e. The molecule has 3 rings (SSSR count). The van der Waals surface area contributed by atoms with Crippen molar-refractivity contribution in [3.05, 3.63) is 34.6 Å². The van der Waals surface area contributed by atoms with Gasteiger partial charge in [0.1, 0.15) is 5.82 Å². The first-order valence-corrected chi connectivity index (χ1v) is 6.97. The summed E-state index contributed by atoms with van der Waals surface area (Å²) in [5, 5.41) is 0.180. The Morgan fingerprint density at radius 1 is 1.32 bits per heavy atom. The second-order valence-corrected chi connectivity index (χ2v) is 5.86. The van der Waals surface area contributed by atoms with E-state index in [0.717, 1.165) is 25.7 Å². The smallest absolute Gasteiger partial charge is 0.255 e. The standard InChI is InChI=1S/C14H16ClFN2O/c15-13-5-8(16)1-4-12(13)14(19)18-10-2-3-11(18)7-9(17)6-10/h1,4-5,9-11H,2-3,6-7,17H2. The fourth-order valence-electron chi connectivity index (χ4n) is 3.35. The largest absolute Gasteiger partial charge is 0.333 e. The molecular weight excluding hydrogens is 267 g/mol. The summed E-state index contributed by atoms with van der Waals surface area (Å²) in [4.78, 5) is 14.5. The molecule has 2 saturated heterocycles. The van der Waals surface area contributed by atoms with Crippen molar-refractivity contribution < 1.29 is 9.18 Å². The zero-order chi connectivity index (χ0) is 13.6. The van der Waals surface area contributed by atoms with Crippen LogP contribution in [0.25, 0.3) is 0 Å². The first-order valence-electron chi connectivity index (χ1n) is 6.59. The van der Waals surface area contributed by atoms with Gasteiger partial charge in [0.25, 0.3) is 5.91 Å². The van der Waals surface area contributed by atoms with Crippen molar-refractivity contribution in [3.8, 4) is 0 Å². The first kappa shape index (κ1) is 12.9. The van der Waals surface area contributed by atoms with Gasteiger partial charge in [0.15, 0.2) is 0 Å². The van der Waals surface area contributed by atoms with E-state index in [0.29, 0.717) is 5.56 Å². The van der Waals surface area contributed by atoms with Crippen LogP contribution in [0.4, 0.5) is 4.39 Å². The predicted octanol–water partition coefficient (Wildman–Crippen LogP) is 2.57. The number of nitrogens with two attached hydrogens (primary N) is 1. The van der Waals surface area contributed by atoms with Gasteiger partial charge in [-0.15, -0.1) is 0 Å². The fraction of sp³-hybridized carbons (Fsp3) is 0.500. The number of piperidine rings is 1. The maximum atomic E-state index is 13.0. The molecule has 5 heteroatoms. The van der Waals surface area contributed by atoms with Crippen LogP contribution in [0, 0.1) is 5.82 Å². The number of nitrogens with zero attached hydrogens (tertiary/aromatic N) is 1. The molecule has 2 unspecified atom stereocenters. The highest BCUT2D eigenvalue weighted by Crippen LogP contribution is 2.36. The van der Waals surface area contributed by atoms with Crippen molar-refractivity contribution in [1.82, 2.24) is 4.90 Å². The van der Waals surface area contributed by atoms with Crippen molar-refractivity contribution >= 4 is 17.5 Å². The third-order valence-corrected chi connectivity index (χ3v) is 4.48. The molecule has 2 N–H and O–H groups in total. The van der Waals surface area contributed by atoms with E-state index in [1.807, 2.05) is 4.90 Å². The molecule has 102 valence electrons. The van der Waals surface area contributed by atoms with Crippen molar-refractivity contribution in [1.29, 1.82) is 0 Å². The monoisotopic (exact) mass is 282 g/mol. The molecule has 1 aromatic carbocycles. The molecule has 19 heavy (non-hydrogen) atoms. The van der Waals surface area contributed by atoms with Crippen LogP contribution in [0.2, 0.25) is 5.02 Å². The van der Waals surface area contributed by atoms with Crippen LogP contribution in [0.5, 0.6) is 0 Å². The Labute approximate surface area is 116 Å². The van der Waals surface area contributed by atoms with Gasteiger partial charge < -0.3 is 10.6 Å². The summed E-state index contributed by atoms with van der Waals surface area (Å²) in [5.41, 5.74) is 6.38. The van der Waals surface area contributed by atoms with E-state index >= 15 is 0 Å². The Kier molecular flexibility index (Phi) is 3.23. The molecule has 2 bridgehead atoms. The van der Waals surface area contributed by atoms with Crippen molar-refractivity contribution in [2.45, 2.75) is 43.8 Å². The Balaban J connectivity index is 1.88. The van der Waals surface area contributed by atoms with Gasteiger partial charge in [-0.1, -0.05) is 11.6 Å². The van der Waals surface area contributed by atoms with Gasteiger partial charge in [-0.25, -0.2) is 4.39 Å². The third-order valence-electron chi connectivity index (χ3n) is 4.17. The van der Waals surface area contributed by atoms with Gasteiger partial charge in [-0.05, 0) is 43.9 Å². The lowest BCUT2D eigenvalue weighted by atomic mass is 9.97. The van der Waals surface area contributed by atoms with Gasteiger partial charge in [0.05, 0.1) is 10.6 Å². The highest BCUT2D eigenvalue weighted by atomic mass is 35.5. The maximum absolute atomic E-state index is 13.0. The van der Waals surface area contributed by atoms with E-state index in [1.54, 1.807) is 0 Å². The van der Waals surface area contributed by atoms with Crippen LogP contribution >= 0.6 is 11.6 Å². The van der Waals surface area contributed by atoms with Gasteiger partial charge in [-0.3, -0.25) is 4.79 Å². The topological polar surface area (TPSA) is 46.3 Å². The minimum absolute atomic E-state index is 0.0931. The van der Waals surface area contributed by atoms with E-state index in [9.17, 15) is 9.18 Å². The van der Waals surface area contributed by atoms with Crippen LogP contribution in [-0.4, -0.2) is 28.9 Å². The summed E-state index contributed by atoms with van der Waals surface area (Å²) in [6.07, 6.45) is 3.70. The summed E-state index contributed by atoms with van der Waals surface area (Å²) in [6.45, 7) is 0. The Morgan fingerprint density at radius 3 is 2.53 bits per heavy atom. The number of amides is 1. The predicted molar refractivity (Wildman–Crippen MR) is 71.6 cm³/mol. The summed E-state index contributed by atoms with van der Waals surface area (Å²) in [5.74, 6) is -0.519. The van der Waals surface area contributed by atoms with Gasteiger partial charge >= 0.3 is 0 Å². The van der Waals surface area contributed by atoms with E-state index in [2.05, 4.69) is 0 Å². The lowest BCUT2D eigenvalue weighted by molar-refractivity contribution is 0.0575. The summed E-state index contributed by atoms with van der Waals surface area (Å²) >= 11 is 5.98. The molecule has 0 aliphatic carbocycles. The molecule has 0 radical (unpaired) electrons. The normalized spacial score (nSPS) is 29.6. The molecule has 2 fully saturated rings. The molecular formula is C14H16ClFN2O. The number of fused-ring (bicyclic) bond motifs is 2. The van der Waals surface area contributed by atoms with Crippen LogP contribution < -0.4 is 5.73 Å². The number of halogens is 2. The summed E-state index contributed by atoms with van der Waals surface area (Å²) in [6, 6.07) is 4.53. The molecule has 1 aromatic rings. The molecule has 2 aliphatic rings. The summed E-state index contributed by atoms with van der Waals surface area (Å²) < 4.78 is 13.0. The molecule has 3 nitrogen and oxygen atoms in total. The van der Waals surface area contributed by atoms with Crippen molar-refractivity contribution in [2.75, 3.05) is 0 Å². The minimum atomic E-state index is -0.426. The number of hydrogen-bond acceptors (Lipinski definition) is 2.